The van der Waals surface area contributed by atoms with Crippen molar-refractivity contribution in [1.82, 2.24) is 20.1 Å². The Morgan fingerprint density at radius 3 is 2.83 bits per heavy atom. The minimum Gasteiger partial charge on any atom is -0.314 e. The molecule has 1 aromatic rings. The zero-order chi connectivity index (χ0) is 13.0. The Hall–Kier alpha value is -0.900. The van der Waals surface area contributed by atoms with Crippen molar-refractivity contribution in [3.8, 4) is 0 Å². The Balaban J connectivity index is 2.02. The second kappa shape index (κ2) is 6.32. The van der Waals surface area contributed by atoms with E-state index in [1.807, 2.05) is 11.7 Å². The number of hydrogen-bond donors (Lipinski definition) is 1. The Morgan fingerprint density at radius 1 is 1.39 bits per heavy atom. The van der Waals surface area contributed by atoms with Crippen molar-refractivity contribution in [3.63, 3.8) is 0 Å². The average Bonchev–Trinajstić information content (AvgIpc) is 2.77. The maximum absolute atomic E-state index is 4.38. The highest BCUT2D eigenvalue weighted by atomic mass is 15.3. The van der Waals surface area contributed by atoms with Gasteiger partial charge in [0.15, 0.2) is 0 Å². The van der Waals surface area contributed by atoms with Gasteiger partial charge in [-0.15, -0.1) is 0 Å². The lowest BCUT2D eigenvalue weighted by Gasteiger charge is -2.36. The van der Waals surface area contributed by atoms with Crippen molar-refractivity contribution < 1.29 is 0 Å². The Morgan fingerprint density at radius 2 is 2.22 bits per heavy atom. The first kappa shape index (κ1) is 13.5. The summed E-state index contributed by atoms with van der Waals surface area (Å²) in [6, 6.07) is 0.662. The Kier molecular flexibility index (Phi) is 4.75. The Labute approximate surface area is 110 Å². The van der Waals surface area contributed by atoms with E-state index in [0.29, 0.717) is 12.0 Å². The highest BCUT2D eigenvalue weighted by Gasteiger charge is 2.30. The average molecular weight is 250 g/mol. The molecule has 0 radical (unpaired) electrons. The molecule has 4 heteroatoms. The number of nitrogens with zero attached hydrogens (tertiary/aromatic N) is 3. The van der Waals surface area contributed by atoms with Gasteiger partial charge < -0.3 is 5.32 Å². The van der Waals surface area contributed by atoms with Gasteiger partial charge in [0.25, 0.3) is 0 Å². The van der Waals surface area contributed by atoms with Crippen molar-refractivity contribution in [2.75, 3.05) is 6.54 Å². The summed E-state index contributed by atoms with van der Waals surface area (Å²) in [5.41, 5.74) is 0. The maximum Gasteiger partial charge on any atom is 0.138 e. The predicted octanol–water partition coefficient (Wildman–Crippen LogP) is 2.16. The first-order valence-corrected chi connectivity index (χ1v) is 7.30. The molecule has 0 aliphatic heterocycles. The third kappa shape index (κ3) is 3.10. The van der Waals surface area contributed by atoms with Gasteiger partial charge in [0.2, 0.25) is 0 Å². The first-order chi connectivity index (χ1) is 8.74. The van der Waals surface area contributed by atoms with Gasteiger partial charge in [0.05, 0.1) is 0 Å². The molecular weight excluding hydrogens is 224 g/mol. The topological polar surface area (TPSA) is 42.7 Å². The van der Waals surface area contributed by atoms with Crippen LogP contribution in [0.1, 0.15) is 45.4 Å². The normalized spacial score (nSPS) is 28.5. The quantitative estimate of drug-likeness (QED) is 0.871. The molecule has 3 atom stereocenters. The molecule has 0 aromatic carbocycles. The summed E-state index contributed by atoms with van der Waals surface area (Å²) < 4.78 is 1.92. The fraction of sp³-hybridized carbons (Fsp3) is 0.857. The number of hydrogen-bond acceptors (Lipinski definition) is 3. The van der Waals surface area contributed by atoms with Crippen LogP contribution in [0.3, 0.4) is 0 Å². The van der Waals surface area contributed by atoms with Crippen LogP contribution >= 0.6 is 0 Å². The number of rotatable bonds is 5. The molecule has 0 saturated heterocycles. The monoisotopic (exact) mass is 250 g/mol. The van der Waals surface area contributed by atoms with Gasteiger partial charge in [-0.1, -0.05) is 20.3 Å². The van der Waals surface area contributed by atoms with Crippen molar-refractivity contribution in [1.29, 1.82) is 0 Å². The van der Waals surface area contributed by atoms with Gasteiger partial charge in [0.1, 0.15) is 12.2 Å². The molecule has 102 valence electrons. The van der Waals surface area contributed by atoms with Gasteiger partial charge in [-0.05, 0) is 37.6 Å². The molecule has 3 unspecified atom stereocenters. The summed E-state index contributed by atoms with van der Waals surface area (Å²) in [5, 5.41) is 7.83. The number of aryl methyl sites for hydroxylation is 1. The fourth-order valence-corrected chi connectivity index (χ4v) is 3.23. The summed E-state index contributed by atoms with van der Waals surface area (Å²) in [4.78, 5) is 4.38. The molecule has 1 N–H and O–H groups in total. The van der Waals surface area contributed by atoms with E-state index in [0.717, 1.165) is 24.7 Å². The molecule has 2 rings (SSSR count). The highest BCUT2D eigenvalue weighted by molar-refractivity contribution is 4.93. The molecule has 4 nitrogen and oxygen atoms in total. The molecule has 1 aromatic heterocycles. The lowest BCUT2D eigenvalue weighted by atomic mass is 9.75. The summed E-state index contributed by atoms with van der Waals surface area (Å²) in [7, 11) is 1.99. The van der Waals surface area contributed by atoms with E-state index in [-0.39, 0.29) is 0 Å². The van der Waals surface area contributed by atoms with Gasteiger partial charge in [-0.2, -0.15) is 5.10 Å². The van der Waals surface area contributed by atoms with E-state index < -0.39 is 0 Å². The van der Waals surface area contributed by atoms with Crippen LogP contribution in [0.25, 0.3) is 0 Å². The number of aromatic nitrogens is 3. The molecule has 1 aliphatic carbocycles. The van der Waals surface area contributed by atoms with Crippen molar-refractivity contribution in [2.24, 2.45) is 18.9 Å². The lowest BCUT2D eigenvalue weighted by molar-refractivity contribution is 0.196. The highest BCUT2D eigenvalue weighted by Crippen LogP contribution is 2.33. The fourth-order valence-electron chi connectivity index (χ4n) is 3.23. The predicted molar refractivity (Wildman–Crippen MR) is 73.3 cm³/mol. The van der Waals surface area contributed by atoms with Crippen LogP contribution in [0.4, 0.5) is 0 Å². The third-order valence-electron chi connectivity index (χ3n) is 4.38. The van der Waals surface area contributed by atoms with E-state index in [4.69, 9.17) is 0 Å². The van der Waals surface area contributed by atoms with Crippen molar-refractivity contribution in [2.45, 2.75) is 52.0 Å². The molecular formula is C14H26N4. The molecule has 1 heterocycles. The molecule has 1 saturated carbocycles. The van der Waals surface area contributed by atoms with Crippen LogP contribution in [0.2, 0.25) is 0 Å². The summed E-state index contributed by atoms with van der Waals surface area (Å²) in [5.74, 6) is 2.74. The van der Waals surface area contributed by atoms with Crippen molar-refractivity contribution >= 4 is 0 Å². The molecule has 1 aliphatic rings. The van der Waals surface area contributed by atoms with E-state index in [1.165, 1.54) is 25.7 Å². The Bertz CT molecular complexity index is 360. The molecule has 0 amide bonds. The maximum atomic E-state index is 4.38. The van der Waals surface area contributed by atoms with Crippen LogP contribution in [-0.4, -0.2) is 27.4 Å². The van der Waals surface area contributed by atoms with Crippen LogP contribution in [0, 0.1) is 11.8 Å². The molecule has 1 fully saturated rings. The number of nitrogens with one attached hydrogen (secondary N) is 1. The smallest absolute Gasteiger partial charge is 0.138 e. The standard InChI is InChI=1S/C14H26N4/c1-4-11-6-7-13(15-5-2)12(8-11)9-14-16-10-17-18(14)3/h10-13,15H,4-9H2,1-3H3. The van der Waals surface area contributed by atoms with E-state index in [1.54, 1.807) is 6.33 Å². The molecule has 0 bridgehead atoms. The van der Waals surface area contributed by atoms with Crippen LogP contribution in [0.15, 0.2) is 6.33 Å². The first-order valence-electron chi connectivity index (χ1n) is 7.30. The second-order valence-electron chi connectivity index (χ2n) is 5.52. The molecule has 0 spiro atoms. The van der Waals surface area contributed by atoms with Gasteiger partial charge in [-0.3, -0.25) is 4.68 Å². The van der Waals surface area contributed by atoms with Gasteiger partial charge in [0, 0.05) is 19.5 Å². The zero-order valence-electron chi connectivity index (χ0n) is 11.9. The van der Waals surface area contributed by atoms with Crippen LogP contribution in [0.5, 0.6) is 0 Å². The van der Waals surface area contributed by atoms with Gasteiger partial charge in [-0.25, -0.2) is 4.98 Å². The third-order valence-corrected chi connectivity index (χ3v) is 4.38. The second-order valence-corrected chi connectivity index (χ2v) is 5.52. The minimum atomic E-state index is 0.662. The summed E-state index contributed by atoms with van der Waals surface area (Å²) in [6.07, 6.45) is 8.07. The molecule has 18 heavy (non-hydrogen) atoms. The summed E-state index contributed by atoms with van der Waals surface area (Å²) in [6.45, 7) is 5.58. The lowest BCUT2D eigenvalue weighted by Crippen LogP contribution is -2.41. The summed E-state index contributed by atoms with van der Waals surface area (Å²) >= 11 is 0. The van der Waals surface area contributed by atoms with E-state index in [2.05, 4.69) is 29.2 Å². The van der Waals surface area contributed by atoms with Crippen LogP contribution < -0.4 is 5.32 Å². The largest absolute Gasteiger partial charge is 0.314 e. The van der Waals surface area contributed by atoms with E-state index >= 15 is 0 Å². The van der Waals surface area contributed by atoms with Crippen molar-refractivity contribution in [3.05, 3.63) is 12.2 Å². The SMILES string of the molecule is CCNC1CCC(CC)CC1Cc1ncnn1C. The zero-order valence-corrected chi connectivity index (χ0v) is 11.9. The van der Waals surface area contributed by atoms with Gasteiger partial charge >= 0.3 is 0 Å². The van der Waals surface area contributed by atoms with E-state index in [9.17, 15) is 0 Å². The van der Waals surface area contributed by atoms with Crippen LogP contribution in [-0.2, 0) is 13.5 Å². The minimum absolute atomic E-state index is 0.662.